The third-order valence-electron chi connectivity index (χ3n) is 4.81. The molecular weight excluding hydrogens is 483 g/mol. The number of carbonyl (C=O) groups excluding carboxylic acids is 1. The molecule has 0 unspecified atom stereocenters. The summed E-state index contributed by atoms with van der Waals surface area (Å²) in [4.78, 5) is 18.2. The summed E-state index contributed by atoms with van der Waals surface area (Å²) in [6.07, 6.45) is 0. The topological polar surface area (TPSA) is 42.0 Å². The van der Waals surface area contributed by atoms with Gasteiger partial charge in [0.1, 0.15) is 0 Å². The fourth-order valence-electron chi connectivity index (χ4n) is 3.42. The molecule has 30 heavy (non-hydrogen) atoms. The number of carbonyl (C=O) groups is 1. The van der Waals surface area contributed by atoms with E-state index in [4.69, 9.17) is 28.2 Å². The van der Waals surface area contributed by atoms with Gasteiger partial charge in [0.25, 0.3) is 5.91 Å². The fourth-order valence-corrected chi connectivity index (χ4v) is 4.02. The molecule has 0 spiro atoms. The van der Waals surface area contributed by atoms with Gasteiger partial charge in [-0.2, -0.15) is 0 Å². The van der Waals surface area contributed by atoms with Crippen LogP contribution in [-0.4, -0.2) is 10.9 Å². The third-order valence-corrected chi connectivity index (χ3v) is 5.90. The van der Waals surface area contributed by atoms with Crippen LogP contribution in [0.15, 0.2) is 65.1 Å². The predicted molar refractivity (Wildman–Crippen MR) is 129 cm³/mol. The molecule has 0 aliphatic carbocycles. The van der Waals surface area contributed by atoms with E-state index in [2.05, 4.69) is 27.3 Å². The molecule has 4 aromatic rings. The van der Waals surface area contributed by atoms with Crippen LogP contribution in [0.4, 0.5) is 5.69 Å². The molecule has 0 atom stereocenters. The van der Waals surface area contributed by atoms with Crippen LogP contribution in [-0.2, 0) is 0 Å². The van der Waals surface area contributed by atoms with Crippen LogP contribution >= 0.6 is 39.1 Å². The molecule has 3 nitrogen and oxygen atoms in total. The maximum absolute atomic E-state index is 13.3. The van der Waals surface area contributed by atoms with E-state index in [0.29, 0.717) is 21.3 Å². The van der Waals surface area contributed by atoms with Crippen molar-refractivity contribution < 1.29 is 4.79 Å². The molecule has 3 aromatic carbocycles. The Balaban J connectivity index is 1.89. The zero-order chi connectivity index (χ0) is 21.4. The Morgan fingerprint density at radius 2 is 1.70 bits per heavy atom. The summed E-state index contributed by atoms with van der Waals surface area (Å²) < 4.78 is 0.979. The van der Waals surface area contributed by atoms with Crippen molar-refractivity contribution in [3.05, 3.63) is 91.9 Å². The van der Waals surface area contributed by atoms with E-state index in [-0.39, 0.29) is 5.91 Å². The quantitative estimate of drug-likeness (QED) is 0.312. The summed E-state index contributed by atoms with van der Waals surface area (Å²) in [7, 11) is 0. The lowest BCUT2D eigenvalue weighted by atomic mass is 9.99. The summed E-state index contributed by atoms with van der Waals surface area (Å²) in [5.41, 5.74) is 5.52. The summed E-state index contributed by atoms with van der Waals surface area (Å²) >= 11 is 15.8. The first kappa shape index (κ1) is 20.9. The number of aromatic nitrogens is 1. The number of aryl methyl sites for hydroxylation is 2. The Morgan fingerprint density at radius 1 is 0.967 bits per heavy atom. The molecule has 1 aromatic heterocycles. The molecule has 1 N–H and O–H groups in total. The fraction of sp³-hybridized carbons (Fsp3) is 0.0833. The van der Waals surface area contributed by atoms with E-state index >= 15 is 0 Å². The van der Waals surface area contributed by atoms with Gasteiger partial charge in [-0.05, 0) is 61.9 Å². The van der Waals surface area contributed by atoms with E-state index in [0.717, 1.165) is 37.8 Å². The normalized spacial score (nSPS) is 11.0. The molecule has 0 bridgehead atoms. The Hall–Kier alpha value is -2.40. The van der Waals surface area contributed by atoms with Crippen LogP contribution in [0, 0.1) is 13.8 Å². The summed E-state index contributed by atoms with van der Waals surface area (Å²) in [5, 5.41) is 4.61. The number of fused-ring (bicyclic) bond motifs is 1. The van der Waals surface area contributed by atoms with Gasteiger partial charge in [-0.25, -0.2) is 4.98 Å². The lowest BCUT2D eigenvalue weighted by Crippen LogP contribution is -2.14. The minimum Gasteiger partial charge on any atom is -0.321 e. The Labute approximate surface area is 193 Å². The average molecular weight is 500 g/mol. The van der Waals surface area contributed by atoms with Crippen LogP contribution in [0.5, 0.6) is 0 Å². The lowest BCUT2D eigenvalue weighted by Gasteiger charge is -2.14. The molecule has 0 saturated heterocycles. The predicted octanol–water partition coefficient (Wildman–Crippen LogP) is 7.84. The molecule has 0 aliphatic rings. The highest BCUT2D eigenvalue weighted by Gasteiger charge is 2.17. The molecule has 0 radical (unpaired) electrons. The van der Waals surface area contributed by atoms with Gasteiger partial charge in [0.2, 0.25) is 0 Å². The van der Waals surface area contributed by atoms with Crippen molar-refractivity contribution in [2.24, 2.45) is 0 Å². The van der Waals surface area contributed by atoms with Crippen LogP contribution in [0.2, 0.25) is 10.0 Å². The first-order chi connectivity index (χ1) is 14.3. The van der Waals surface area contributed by atoms with Gasteiger partial charge in [-0.3, -0.25) is 4.79 Å². The van der Waals surface area contributed by atoms with E-state index in [1.54, 1.807) is 18.2 Å². The number of benzene rings is 3. The highest BCUT2D eigenvalue weighted by Crippen LogP contribution is 2.31. The van der Waals surface area contributed by atoms with Crippen molar-refractivity contribution in [2.75, 3.05) is 5.32 Å². The smallest absolute Gasteiger partial charge is 0.256 e. The highest BCUT2D eigenvalue weighted by atomic mass is 79.9. The number of rotatable bonds is 3. The number of hydrogen-bond donors (Lipinski definition) is 1. The van der Waals surface area contributed by atoms with Crippen molar-refractivity contribution in [3.63, 3.8) is 0 Å². The number of hydrogen-bond acceptors (Lipinski definition) is 2. The Bertz CT molecular complexity index is 1290. The number of halogens is 3. The third kappa shape index (κ3) is 4.22. The number of pyridine rings is 1. The molecule has 6 heteroatoms. The SMILES string of the molecule is Cc1cc(C)c2nc(-c3ccc(Br)cc3)cc(C(=O)Nc3cc(Cl)ccc3Cl)c2c1. The average Bonchev–Trinajstić information content (AvgIpc) is 2.70. The van der Waals surface area contributed by atoms with E-state index in [1.807, 2.05) is 50.2 Å². The summed E-state index contributed by atoms with van der Waals surface area (Å²) in [6.45, 7) is 4.01. The van der Waals surface area contributed by atoms with E-state index in [1.165, 1.54) is 0 Å². The number of amides is 1. The molecule has 1 heterocycles. The monoisotopic (exact) mass is 498 g/mol. The van der Waals surface area contributed by atoms with Crippen LogP contribution in [0.3, 0.4) is 0 Å². The van der Waals surface area contributed by atoms with Gasteiger partial charge in [0, 0.05) is 20.4 Å². The zero-order valence-corrected chi connectivity index (χ0v) is 19.4. The molecular formula is C24H17BrCl2N2O. The minimum atomic E-state index is -0.269. The second kappa shape index (κ2) is 8.38. The molecule has 0 aliphatic heterocycles. The van der Waals surface area contributed by atoms with Crippen molar-refractivity contribution >= 4 is 61.6 Å². The Kier molecular flexibility index (Phi) is 5.83. The van der Waals surface area contributed by atoms with E-state index < -0.39 is 0 Å². The molecule has 0 fully saturated rings. The van der Waals surface area contributed by atoms with Crippen LogP contribution in [0.1, 0.15) is 21.5 Å². The zero-order valence-electron chi connectivity index (χ0n) is 16.3. The van der Waals surface area contributed by atoms with Gasteiger partial charge in [0.15, 0.2) is 0 Å². The second-order valence-electron chi connectivity index (χ2n) is 7.12. The summed E-state index contributed by atoms with van der Waals surface area (Å²) in [6, 6.07) is 18.7. The molecule has 150 valence electrons. The van der Waals surface area contributed by atoms with Crippen molar-refractivity contribution in [3.8, 4) is 11.3 Å². The van der Waals surface area contributed by atoms with E-state index in [9.17, 15) is 4.79 Å². The number of anilines is 1. The molecule has 1 amide bonds. The number of nitrogens with one attached hydrogen (secondary N) is 1. The van der Waals surface area contributed by atoms with Crippen molar-refractivity contribution in [1.82, 2.24) is 4.98 Å². The maximum Gasteiger partial charge on any atom is 0.256 e. The highest BCUT2D eigenvalue weighted by molar-refractivity contribution is 9.10. The van der Waals surface area contributed by atoms with Crippen molar-refractivity contribution in [1.29, 1.82) is 0 Å². The van der Waals surface area contributed by atoms with Gasteiger partial charge in [-0.1, -0.05) is 62.9 Å². The maximum atomic E-state index is 13.3. The van der Waals surface area contributed by atoms with Gasteiger partial charge < -0.3 is 5.32 Å². The Morgan fingerprint density at radius 3 is 2.43 bits per heavy atom. The van der Waals surface area contributed by atoms with Crippen molar-refractivity contribution in [2.45, 2.75) is 13.8 Å². The van der Waals surface area contributed by atoms with Crippen LogP contribution in [0.25, 0.3) is 22.2 Å². The first-order valence-corrected chi connectivity index (χ1v) is 10.8. The largest absolute Gasteiger partial charge is 0.321 e. The van der Waals surface area contributed by atoms with Gasteiger partial charge in [0.05, 0.1) is 27.5 Å². The molecule has 0 saturated carbocycles. The van der Waals surface area contributed by atoms with Gasteiger partial charge >= 0.3 is 0 Å². The summed E-state index contributed by atoms with van der Waals surface area (Å²) in [5.74, 6) is -0.269. The lowest BCUT2D eigenvalue weighted by molar-refractivity contribution is 0.102. The minimum absolute atomic E-state index is 0.269. The van der Waals surface area contributed by atoms with Crippen LogP contribution < -0.4 is 5.32 Å². The van der Waals surface area contributed by atoms with Gasteiger partial charge in [-0.15, -0.1) is 0 Å². The molecule has 4 rings (SSSR count). The number of nitrogens with zero attached hydrogens (tertiary/aromatic N) is 1. The second-order valence-corrected chi connectivity index (χ2v) is 8.88. The standard InChI is InChI=1S/C24H17BrCl2N2O/c1-13-9-14(2)23-18(10-13)19(12-21(28-23)15-3-5-16(25)6-4-15)24(30)29-22-11-17(26)7-8-20(22)27/h3-12H,1-2H3,(H,29,30). The first-order valence-electron chi connectivity index (χ1n) is 9.26.